The Labute approximate surface area is 201 Å². The van der Waals surface area contributed by atoms with Crippen LogP contribution in [0.25, 0.3) is 10.2 Å². The number of aromatic nitrogens is 2. The van der Waals surface area contributed by atoms with Crippen molar-refractivity contribution in [3.05, 3.63) is 62.5 Å². The Balaban J connectivity index is 1.22. The maximum absolute atomic E-state index is 12.9. The van der Waals surface area contributed by atoms with Crippen LogP contribution in [0.1, 0.15) is 40.0 Å². The minimum atomic E-state index is -0.892. The van der Waals surface area contributed by atoms with Crippen LogP contribution in [0.5, 0.6) is 0 Å². The number of fused-ring (bicyclic) bond motifs is 2. The molecule has 0 spiro atoms. The Morgan fingerprint density at radius 2 is 1.85 bits per heavy atom. The van der Waals surface area contributed by atoms with Gasteiger partial charge in [0.15, 0.2) is 6.10 Å². The van der Waals surface area contributed by atoms with Gasteiger partial charge in [-0.05, 0) is 31.4 Å². The quantitative estimate of drug-likeness (QED) is 0.522. The number of hydrogen-bond donors (Lipinski definition) is 0. The highest BCUT2D eigenvalue weighted by molar-refractivity contribution is 7.20. The highest BCUT2D eigenvalue weighted by Gasteiger charge is 2.30. The lowest BCUT2D eigenvalue weighted by Gasteiger charge is -2.35. The Bertz CT molecular complexity index is 1290. The third kappa shape index (κ3) is 4.25. The number of piperazine rings is 1. The van der Waals surface area contributed by atoms with E-state index in [2.05, 4.69) is 22.0 Å². The van der Waals surface area contributed by atoms with Gasteiger partial charge in [-0.15, -0.1) is 11.3 Å². The van der Waals surface area contributed by atoms with E-state index in [9.17, 15) is 14.4 Å². The highest BCUT2D eigenvalue weighted by atomic mass is 32.1. The first kappa shape index (κ1) is 22.7. The number of aryl methyl sites for hydroxylation is 2. The molecule has 1 fully saturated rings. The van der Waals surface area contributed by atoms with Crippen molar-refractivity contribution in [2.45, 2.75) is 45.9 Å². The molecule has 0 radical (unpaired) electrons. The molecule has 4 heterocycles. The zero-order chi connectivity index (χ0) is 23.8. The summed E-state index contributed by atoms with van der Waals surface area (Å²) in [6.07, 6.45) is 0.788. The van der Waals surface area contributed by atoms with Crippen LogP contribution in [0, 0.1) is 6.92 Å². The normalized spacial score (nSPS) is 17.1. The molecule has 3 aromatic rings. The predicted octanol–water partition coefficient (Wildman–Crippen LogP) is 2.60. The van der Waals surface area contributed by atoms with Crippen molar-refractivity contribution in [3.63, 3.8) is 0 Å². The molecular formula is C25H28N4O4S. The van der Waals surface area contributed by atoms with Crippen molar-refractivity contribution in [1.82, 2.24) is 19.4 Å². The first-order valence-electron chi connectivity index (χ1n) is 11.7. The fourth-order valence-electron chi connectivity index (χ4n) is 4.76. The van der Waals surface area contributed by atoms with Crippen LogP contribution in [0.3, 0.4) is 0 Å². The Morgan fingerprint density at radius 3 is 2.59 bits per heavy atom. The predicted molar refractivity (Wildman–Crippen MR) is 130 cm³/mol. The lowest BCUT2D eigenvalue weighted by Crippen LogP contribution is -2.51. The van der Waals surface area contributed by atoms with Crippen molar-refractivity contribution >= 4 is 33.4 Å². The van der Waals surface area contributed by atoms with Crippen LogP contribution in [-0.4, -0.2) is 63.5 Å². The molecule has 9 heteroatoms. The number of carbonyl (C=O) groups is 2. The van der Waals surface area contributed by atoms with Gasteiger partial charge in [0, 0.05) is 45.7 Å². The molecule has 1 amide bonds. The molecular weight excluding hydrogens is 452 g/mol. The van der Waals surface area contributed by atoms with Gasteiger partial charge in [-0.1, -0.05) is 30.3 Å². The number of ether oxygens (including phenoxy) is 1. The smallest absolute Gasteiger partial charge is 0.349 e. The SMILES string of the molecule is Cc1c(C(=O)OC(C)C(=O)N2CCN(Cc3ccccc3)CC2)sc2nc3n(c(=O)c12)CCC3. The monoisotopic (exact) mass is 480 g/mol. The molecule has 34 heavy (non-hydrogen) atoms. The summed E-state index contributed by atoms with van der Waals surface area (Å²) in [7, 11) is 0. The van der Waals surface area contributed by atoms with Crippen molar-refractivity contribution in [3.8, 4) is 0 Å². The van der Waals surface area contributed by atoms with Crippen LogP contribution < -0.4 is 5.56 Å². The molecule has 2 aromatic heterocycles. The van der Waals surface area contributed by atoms with Gasteiger partial charge in [-0.25, -0.2) is 9.78 Å². The van der Waals surface area contributed by atoms with Gasteiger partial charge in [0.25, 0.3) is 11.5 Å². The maximum Gasteiger partial charge on any atom is 0.349 e. The number of hydrogen-bond acceptors (Lipinski definition) is 7. The number of amides is 1. The van der Waals surface area contributed by atoms with E-state index in [0.29, 0.717) is 40.3 Å². The van der Waals surface area contributed by atoms with E-state index in [-0.39, 0.29) is 11.5 Å². The Hall–Kier alpha value is -3.04. The van der Waals surface area contributed by atoms with E-state index in [1.807, 2.05) is 18.2 Å². The van der Waals surface area contributed by atoms with Gasteiger partial charge in [0.1, 0.15) is 15.5 Å². The largest absolute Gasteiger partial charge is 0.448 e. The van der Waals surface area contributed by atoms with Crippen LogP contribution in [0.2, 0.25) is 0 Å². The van der Waals surface area contributed by atoms with E-state index in [4.69, 9.17) is 4.74 Å². The molecule has 1 saturated heterocycles. The third-order valence-corrected chi connectivity index (χ3v) is 7.83. The molecule has 0 aliphatic carbocycles. The maximum atomic E-state index is 12.9. The standard InChI is InChI=1S/C25H28N4O4S/c1-16-20-22(26-19-9-6-10-29(19)24(20)31)34-21(16)25(32)33-17(2)23(30)28-13-11-27(12-14-28)15-18-7-4-3-5-8-18/h3-5,7-8,17H,6,9-15H2,1-2H3. The minimum absolute atomic E-state index is 0.0946. The fraction of sp³-hybridized carbons (Fsp3) is 0.440. The van der Waals surface area contributed by atoms with Crippen molar-refractivity contribution in [2.75, 3.05) is 26.2 Å². The molecule has 0 N–H and O–H groups in total. The summed E-state index contributed by atoms with van der Waals surface area (Å²) < 4.78 is 7.25. The average molecular weight is 481 g/mol. The summed E-state index contributed by atoms with van der Waals surface area (Å²) in [5, 5.41) is 0.483. The van der Waals surface area contributed by atoms with Gasteiger partial charge in [-0.2, -0.15) is 0 Å². The van der Waals surface area contributed by atoms with Crippen LogP contribution >= 0.6 is 11.3 Å². The molecule has 178 valence electrons. The topological polar surface area (TPSA) is 84.7 Å². The van der Waals surface area contributed by atoms with Gasteiger partial charge in [0.2, 0.25) is 0 Å². The lowest BCUT2D eigenvalue weighted by molar-refractivity contribution is -0.141. The fourth-order valence-corrected chi connectivity index (χ4v) is 5.83. The minimum Gasteiger partial charge on any atom is -0.448 e. The molecule has 1 aromatic carbocycles. The van der Waals surface area contributed by atoms with Crippen LogP contribution in [0.4, 0.5) is 0 Å². The van der Waals surface area contributed by atoms with Crippen molar-refractivity contribution in [2.24, 2.45) is 0 Å². The summed E-state index contributed by atoms with van der Waals surface area (Å²) in [6.45, 7) is 7.63. The second-order valence-electron chi connectivity index (χ2n) is 8.96. The number of esters is 1. The molecule has 2 aliphatic heterocycles. The first-order valence-corrected chi connectivity index (χ1v) is 12.5. The second-order valence-corrected chi connectivity index (χ2v) is 9.96. The Kier molecular flexibility index (Phi) is 6.22. The number of benzene rings is 1. The van der Waals surface area contributed by atoms with Gasteiger partial charge in [-0.3, -0.25) is 19.1 Å². The van der Waals surface area contributed by atoms with Crippen LogP contribution in [0.15, 0.2) is 35.1 Å². The molecule has 1 unspecified atom stereocenters. The van der Waals surface area contributed by atoms with E-state index in [1.54, 1.807) is 23.3 Å². The van der Waals surface area contributed by atoms with Crippen molar-refractivity contribution < 1.29 is 14.3 Å². The Morgan fingerprint density at radius 1 is 1.12 bits per heavy atom. The van der Waals surface area contributed by atoms with E-state index >= 15 is 0 Å². The molecule has 2 aliphatic rings. The zero-order valence-corrected chi connectivity index (χ0v) is 20.3. The summed E-state index contributed by atoms with van der Waals surface area (Å²) >= 11 is 1.17. The number of rotatable bonds is 5. The van der Waals surface area contributed by atoms with Gasteiger partial charge >= 0.3 is 5.97 Å². The summed E-state index contributed by atoms with van der Waals surface area (Å²) in [5.74, 6) is 0.00545. The molecule has 0 saturated carbocycles. The van der Waals surface area contributed by atoms with E-state index in [0.717, 1.165) is 38.3 Å². The van der Waals surface area contributed by atoms with Crippen LogP contribution in [-0.2, 0) is 29.0 Å². The third-order valence-electron chi connectivity index (χ3n) is 6.66. The average Bonchev–Trinajstić information content (AvgIpc) is 3.44. The molecule has 8 nitrogen and oxygen atoms in total. The van der Waals surface area contributed by atoms with Gasteiger partial charge < -0.3 is 9.64 Å². The lowest BCUT2D eigenvalue weighted by atomic mass is 10.2. The van der Waals surface area contributed by atoms with Crippen molar-refractivity contribution in [1.29, 1.82) is 0 Å². The number of carbonyl (C=O) groups excluding carboxylic acids is 2. The first-order chi connectivity index (χ1) is 16.4. The molecule has 1 atom stereocenters. The zero-order valence-electron chi connectivity index (χ0n) is 19.5. The number of thiophene rings is 1. The summed E-state index contributed by atoms with van der Waals surface area (Å²) in [6, 6.07) is 10.3. The van der Waals surface area contributed by atoms with Gasteiger partial charge in [0.05, 0.1) is 5.39 Å². The highest BCUT2D eigenvalue weighted by Crippen LogP contribution is 2.29. The van der Waals surface area contributed by atoms with E-state index in [1.165, 1.54) is 16.9 Å². The summed E-state index contributed by atoms with van der Waals surface area (Å²) in [5.41, 5.74) is 1.74. The summed E-state index contributed by atoms with van der Waals surface area (Å²) in [4.78, 5) is 48.3. The molecule has 0 bridgehead atoms. The second kappa shape index (κ2) is 9.31. The molecule has 5 rings (SSSR count). The number of nitrogens with zero attached hydrogens (tertiary/aromatic N) is 4. The van der Waals surface area contributed by atoms with E-state index < -0.39 is 12.1 Å².